The third-order valence-electron chi connectivity index (χ3n) is 1.17. The van der Waals surface area contributed by atoms with Gasteiger partial charge in [0.25, 0.3) is 0 Å². The van der Waals surface area contributed by atoms with Gasteiger partial charge in [0, 0.05) is 12.3 Å². The van der Waals surface area contributed by atoms with Gasteiger partial charge in [0.15, 0.2) is 0 Å². The van der Waals surface area contributed by atoms with E-state index in [0.717, 1.165) is 17.8 Å². The Balaban J connectivity index is 4.11. The van der Waals surface area contributed by atoms with Crippen molar-refractivity contribution in [1.29, 1.82) is 0 Å². The van der Waals surface area contributed by atoms with Gasteiger partial charge in [-0.15, -0.1) is 0 Å². The van der Waals surface area contributed by atoms with Crippen LogP contribution in [0.15, 0.2) is 29.3 Å². The topological polar surface area (TPSA) is 12.4 Å². The zero-order valence-corrected chi connectivity index (χ0v) is 7.02. The summed E-state index contributed by atoms with van der Waals surface area (Å²) in [6, 6.07) is 0. The molecular weight excluding hydrogens is 122 g/mol. The van der Waals surface area contributed by atoms with Crippen LogP contribution in [0.3, 0.4) is 0 Å². The molecule has 1 heteroatoms. The molecule has 0 heterocycles. The van der Waals surface area contributed by atoms with Gasteiger partial charge in [-0.1, -0.05) is 12.7 Å². The lowest BCUT2D eigenvalue weighted by atomic mass is 10.2. The Bertz CT molecular complexity index is 164. The van der Waals surface area contributed by atoms with Gasteiger partial charge in [0.1, 0.15) is 0 Å². The van der Waals surface area contributed by atoms with E-state index in [1.165, 1.54) is 0 Å². The first-order valence-electron chi connectivity index (χ1n) is 3.52. The lowest BCUT2D eigenvalue weighted by molar-refractivity contribution is 1.13. The first kappa shape index (κ1) is 9.15. The van der Waals surface area contributed by atoms with Gasteiger partial charge < -0.3 is 0 Å². The van der Waals surface area contributed by atoms with Gasteiger partial charge in [-0.3, -0.25) is 4.99 Å². The average Bonchev–Trinajstić information content (AvgIpc) is 1.88. The molecule has 0 unspecified atom stereocenters. The summed E-state index contributed by atoms with van der Waals surface area (Å²) in [6.45, 7) is 10.5. The normalized spacial score (nSPS) is 13.5. The third kappa shape index (κ3) is 4.07. The Morgan fingerprint density at radius 2 is 2.10 bits per heavy atom. The predicted molar refractivity (Wildman–Crippen MR) is 47.6 cm³/mol. The fourth-order valence-electron chi connectivity index (χ4n) is 0.683. The molecule has 1 nitrogen and oxygen atoms in total. The first-order chi connectivity index (χ1) is 4.70. The monoisotopic (exact) mass is 137 g/mol. The summed E-state index contributed by atoms with van der Waals surface area (Å²) in [5.74, 6) is 0. The van der Waals surface area contributed by atoms with E-state index in [2.05, 4.69) is 11.6 Å². The van der Waals surface area contributed by atoms with Crippen molar-refractivity contribution >= 4 is 5.71 Å². The van der Waals surface area contributed by atoms with Gasteiger partial charge in [0.2, 0.25) is 0 Å². The molecule has 0 aromatic rings. The lowest BCUT2D eigenvalue weighted by Crippen LogP contribution is -1.86. The highest BCUT2D eigenvalue weighted by Crippen LogP contribution is 1.93. The minimum atomic E-state index is 0.854. The summed E-state index contributed by atoms with van der Waals surface area (Å²) >= 11 is 0. The molecule has 0 aliphatic carbocycles. The maximum absolute atomic E-state index is 4.20. The highest BCUT2D eigenvalue weighted by atomic mass is 14.7. The fraction of sp³-hybridized carbons (Fsp3) is 0.444. The third-order valence-corrected chi connectivity index (χ3v) is 1.17. The number of nitrogens with zero attached hydrogens (tertiary/aromatic N) is 1. The molecule has 0 atom stereocenters. The van der Waals surface area contributed by atoms with Gasteiger partial charge in [-0.05, 0) is 32.4 Å². The van der Waals surface area contributed by atoms with Crippen molar-refractivity contribution in [3.8, 4) is 0 Å². The molecule has 0 aromatic heterocycles. The zero-order chi connectivity index (χ0) is 7.98. The standard InChI is InChI=1S/C9H15N/c1-5-8(3)7-9(4)10-6-2/h5,7H,1,6H2,2-4H3/b8-7-,10-9-. The lowest BCUT2D eigenvalue weighted by Gasteiger charge is -1.91. The smallest absolute Gasteiger partial charge is 0.0364 e. The second kappa shape index (κ2) is 4.98. The molecule has 0 saturated carbocycles. The zero-order valence-electron chi connectivity index (χ0n) is 7.02. The van der Waals surface area contributed by atoms with Crippen LogP contribution in [-0.4, -0.2) is 12.3 Å². The van der Waals surface area contributed by atoms with Crippen LogP contribution in [0.1, 0.15) is 20.8 Å². The van der Waals surface area contributed by atoms with Gasteiger partial charge in [0.05, 0.1) is 0 Å². The van der Waals surface area contributed by atoms with E-state index in [0.29, 0.717) is 0 Å². The van der Waals surface area contributed by atoms with Crippen LogP contribution >= 0.6 is 0 Å². The molecule has 0 N–H and O–H groups in total. The van der Waals surface area contributed by atoms with Crippen LogP contribution < -0.4 is 0 Å². The summed E-state index contributed by atoms with van der Waals surface area (Å²) in [6.07, 6.45) is 3.85. The molecule has 0 amide bonds. The van der Waals surface area contributed by atoms with Crippen molar-refractivity contribution in [2.24, 2.45) is 4.99 Å². The minimum absolute atomic E-state index is 0.854. The van der Waals surface area contributed by atoms with Crippen LogP contribution in [0.2, 0.25) is 0 Å². The molecule has 0 aliphatic rings. The summed E-state index contributed by atoms with van der Waals surface area (Å²) < 4.78 is 0. The second-order valence-electron chi connectivity index (χ2n) is 2.21. The van der Waals surface area contributed by atoms with Gasteiger partial charge >= 0.3 is 0 Å². The van der Waals surface area contributed by atoms with E-state index in [1.807, 2.05) is 32.9 Å². The number of allylic oxidation sites excluding steroid dienone is 3. The van der Waals surface area contributed by atoms with Crippen molar-refractivity contribution in [3.63, 3.8) is 0 Å². The van der Waals surface area contributed by atoms with Crippen LogP contribution in [0.5, 0.6) is 0 Å². The number of rotatable bonds is 3. The van der Waals surface area contributed by atoms with E-state index in [-0.39, 0.29) is 0 Å². The Morgan fingerprint density at radius 1 is 1.50 bits per heavy atom. The molecule has 0 aliphatic heterocycles. The molecule has 0 saturated heterocycles. The minimum Gasteiger partial charge on any atom is -0.290 e. The van der Waals surface area contributed by atoms with Crippen molar-refractivity contribution in [2.45, 2.75) is 20.8 Å². The molecule has 0 rings (SSSR count). The molecule has 0 fully saturated rings. The predicted octanol–water partition coefficient (Wildman–Crippen LogP) is 2.60. The Labute approximate surface area is 63.2 Å². The van der Waals surface area contributed by atoms with Crippen molar-refractivity contribution in [3.05, 3.63) is 24.3 Å². The SMILES string of the molecule is C=C/C(C)=C\C(C)=N/CC. The molecule has 0 spiro atoms. The maximum atomic E-state index is 4.20. The van der Waals surface area contributed by atoms with E-state index in [1.54, 1.807) is 0 Å². The molecule has 0 aromatic carbocycles. The first-order valence-corrected chi connectivity index (χ1v) is 3.52. The van der Waals surface area contributed by atoms with Gasteiger partial charge in [-0.25, -0.2) is 0 Å². The molecule has 0 bridgehead atoms. The van der Waals surface area contributed by atoms with E-state index < -0.39 is 0 Å². The van der Waals surface area contributed by atoms with E-state index in [4.69, 9.17) is 0 Å². The van der Waals surface area contributed by atoms with Crippen LogP contribution in [0.4, 0.5) is 0 Å². The maximum Gasteiger partial charge on any atom is 0.0364 e. The summed E-state index contributed by atoms with van der Waals surface area (Å²) in [7, 11) is 0. The summed E-state index contributed by atoms with van der Waals surface area (Å²) in [4.78, 5) is 4.20. The second-order valence-corrected chi connectivity index (χ2v) is 2.21. The van der Waals surface area contributed by atoms with Crippen molar-refractivity contribution in [1.82, 2.24) is 0 Å². The fourth-order valence-corrected chi connectivity index (χ4v) is 0.683. The van der Waals surface area contributed by atoms with Crippen molar-refractivity contribution < 1.29 is 0 Å². The number of hydrogen-bond donors (Lipinski definition) is 0. The molecule has 56 valence electrons. The Kier molecular flexibility index (Phi) is 4.55. The summed E-state index contributed by atoms with van der Waals surface area (Å²) in [5, 5.41) is 0. The van der Waals surface area contributed by atoms with Crippen molar-refractivity contribution in [2.75, 3.05) is 6.54 Å². The van der Waals surface area contributed by atoms with E-state index in [9.17, 15) is 0 Å². The average molecular weight is 137 g/mol. The number of hydrogen-bond acceptors (Lipinski definition) is 1. The van der Waals surface area contributed by atoms with Crippen LogP contribution in [-0.2, 0) is 0 Å². The van der Waals surface area contributed by atoms with Gasteiger partial charge in [-0.2, -0.15) is 0 Å². The largest absolute Gasteiger partial charge is 0.290 e. The highest BCUT2D eigenvalue weighted by molar-refractivity contribution is 5.93. The van der Waals surface area contributed by atoms with Crippen LogP contribution in [0, 0.1) is 0 Å². The van der Waals surface area contributed by atoms with E-state index >= 15 is 0 Å². The number of aliphatic imine (C=N–C) groups is 1. The molecule has 0 radical (unpaired) electrons. The quantitative estimate of drug-likeness (QED) is 0.419. The Hall–Kier alpha value is -0.850. The van der Waals surface area contributed by atoms with Crippen LogP contribution in [0.25, 0.3) is 0 Å². The highest BCUT2D eigenvalue weighted by Gasteiger charge is 1.82. The Morgan fingerprint density at radius 3 is 2.50 bits per heavy atom. The molecule has 10 heavy (non-hydrogen) atoms. The molecular formula is C9H15N. The summed E-state index contributed by atoms with van der Waals surface area (Å²) in [5.41, 5.74) is 2.23.